The predicted octanol–water partition coefficient (Wildman–Crippen LogP) is 4.10. The number of hydrogen-bond donors (Lipinski definition) is 1. The van der Waals surface area contributed by atoms with Gasteiger partial charge in [0.1, 0.15) is 6.61 Å². The van der Waals surface area contributed by atoms with Crippen molar-refractivity contribution in [3.05, 3.63) is 83.4 Å². The summed E-state index contributed by atoms with van der Waals surface area (Å²) in [4.78, 5) is 4.32. The Kier molecular flexibility index (Phi) is 4.82. The zero-order valence-electron chi connectivity index (χ0n) is 12.7. The fraction of sp³-hybridized carbons (Fsp3) is 0.105. The highest BCUT2D eigenvalue weighted by Gasteiger charge is 2.09. The Morgan fingerprint density at radius 1 is 0.875 bits per heavy atom. The first-order chi connectivity index (χ1) is 11.7. The molecule has 0 saturated heterocycles. The van der Waals surface area contributed by atoms with Gasteiger partial charge < -0.3 is 9.84 Å². The van der Waals surface area contributed by atoms with Crippen LogP contribution in [-0.2, 0) is 13.2 Å². The van der Waals surface area contributed by atoms with E-state index in [4.69, 9.17) is 4.74 Å². The van der Waals surface area contributed by atoms with Crippen molar-refractivity contribution in [1.82, 2.24) is 4.98 Å². The van der Waals surface area contributed by atoms with Crippen LogP contribution >= 0.6 is 0 Å². The second-order valence-electron chi connectivity index (χ2n) is 5.26. The summed E-state index contributed by atoms with van der Waals surface area (Å²) in [5.41, 5.74) is 2.37. The molecule has 5 heteroatoms. The molecular weight excluding hydrogens is 312 g/mol. The van der Waals surface area contributed by atoms with E-state index in [9.17, 15) is 13.9 Å². The zero-order valence-corrected chi connectivity index (χ0v) is 12.7. The summed E-state index contributed by atoms with van der Waals surface area (Å²) < 4.78 is 32.2. The number of aliphatic hydroxyl groups excluding tert-OH is 1. The molecule has 1 heterocycles. The van der Waals surface area contributed by atoms with E-state index in [2.05, 4.69) is 4.98 Å². The fourth-order valence-corrected chi connectivity index (χ4v) is 2.26. The smallest absolute Gasteiger partial charge is 0.214 e. The summed E-state index contributed by atoms with van der Waals surface area (Å²) in [6.45, 7) is 0.112. The van der Waals surface area contributed by atoms with Crippen LogP contribution in [-0.4, -0.2) is 10.1 Å². The maximum absolute atomic E-state index is 13.4. The van der Waals surface area contributed by atoms with Crippen LogP contribution in [0.1, 0.15) is 11.1 Å². The second-order valence-corrected chi connectivity index (χ2v) is 5.26. The maximum atomic E-state index is 13.4. The molecule has 0 radical (unpaired) electrons. The minimum absolute atomic E-state index is 0.207. The van der Waals surface area contributed by atoms with Gasteiger partial charge in [-0.3, -0.25) is 0 Å². The molecule has 2 aromatic carbocycles. The van der Waals surface area contributed by atoms with E-state index in [-0.39, 0.29) is 6.61 Å². The van der Waals surface area contributed by atoms with Gasteiger partial charge in [-0.1, -0.05) is 30.3 Å². The Balaban J connectivity index is 1.88. The number of aliphatic hydroxyl groups is 1. The molecule has 1 N–H and O–H groups in total. The minimum atomic E-state index is -0.949. The standard InChI is InChI=1S/C19H15F2NO2/c20-16-7-6-15(10-17(16)21)18-8-14(11-23)9-19(22-18)24-12-13-4-2-1-3-5-13/h1-10,23H,11-12H2. The van der Waals surface area contributed by atoms with Crippen molar-refractivity contribution in [2.75, 3.05) is 0 Å². The molecule has 3 rings (SSSR count). The van der Waals surface area contributed by atoms with E-state index in [1.807, 2.05) is 30.3 Å². The van der Waals surface area contributed by atoms with E-state index >= 15 is 0 Å². The van der Waals surface area contributed by atoms with Crippen molar-refractivity contribution in [2.45, 2.75) is 13.2 Å². The quantitative estimate of drug-likeness (QED) is 0.767. The van der Waals surface area contributed by atoms with Gasteiger partial charge in [0, 0.05) is 11.6 Å². The Morgan fingerprint density at radius 2 is 1.67 bits per heavy atom. The lowest BCUT2D eigenvalue weighted by Gasteiger charge is -2.10. The zero-order chi connectivity index (χ0) is 16.9. The maximum Gasteiger partial charge on any atom is 0.214 e. The number of rotatable bonds is 5. The van der Waals surface area contributed by atoms with Crippen molar-refractivity contribution in [3.8, 4) is 17.1 Å². The third-order valence-electron chi connectivity index (χ3n) is 3.49. The van der Waals surface area contributed by atoms with Crippen molar-refractivity contribution in [3.63, 3.8) is 0 Å². The molecule has 3 nitrogen and oxygen atoms in total. The summed E-state index contributed by atoms with van der Waals surface area (Å²) in [6, 6.07) is 16.3. The summed E-state index contributed by atoms with van der Waals surface area (Å²) >= 11 is 0. The van der Waals surface area contributed by atoms with Crippen LogP contribution in [0.5, 0.6) is 5.88 Å². The Morgan fingerprint density at radius 3 is 2.38 bits per heavy atom. The van der Waals surface area contributed by atoms with Gasteiger partial charge in [0.05, 0.1) is 12.3 Å². The highest BCUT2D eigenvalue weighted by atomic mass is 19.2. The molecule has 0 aliphatic heterocycles. The van der Waals surface area contributed by atoms with Crippen LogP contribution < -0.4 is 4.74 Å². The number of aromatic nitrogens is 1. The Bertz CT molecular complexity index is 838. The van der Waals surface area contributed by atoms with Crippen molar-refractivity contribution in [2.24, 2.45) is 0 Å². The molecule has 0 spiro atoms. The summed E-state index contributed by atoms with van der Waals surface area (Å²) in [6.07, 6.45) is 0. The number of hydrogen-bond acceptors (Lipinski definition) is 3. The monoisotopic (exact) mass is 327 g/mol. The number of pyridine rings is 1. The predicted molar refractivity (Wildman–Crippen MR) is 86.3 cm³/mol. The molecular formula is C19H15F2NO2. The van der Waals surface area contributed by atoms with Gasteiger partial charge in [-0.2, -0.15) is 0 Å². The van der Waals surface area contributed by atoms with Crippen LogP contribution in [0.4, 0.5) is 8.78 Å². The average molecular weight is 327 g/mol. The highest BCUT2D eigenvalue weighted by molar-refractivity contribution is 5.60. The van der Waals surface area contributed by atoms with E-state index < -0.39 is 11.6 Å². The van der Waals surface area contributed by atoms with Crippen LogP contribution in [0, 0.1) is 11.6 Å². The Hall–Kier alpha value is -2.79. The lowest BCUT2D eigenvalue weighted by atomic mass is 10.1. The molecule has 0 aliphatic carbocycles. The van der Waals surface area contributed by atoms with Gasteiger partial charge >= 0.3 is 0 Å². The fourth-order valence-electron chi connectivity index (χ4n) is 2.26. The molecule has 0 unspecified atom stereocenters. The summed E-state index contributed by atoms with van der Waals surface area (Å²) in [7, 11) is 0. The summed E-state index contributed by atoms with van der Waals surface area (Å²) in [5.74, 6) is -1.56. The lowest BCUT2D eigenvalue weighted by Crippen LogP contribution is -2.00. The first-order valence-electron chi connectivity index (χ1n) is 7.39. The van der Waals surface area contributed by atoms with E-state index in [0.29, 0.717) is 29.3 Å². The van der Waals surface area contributed by atoms with E-state index in [0.717, 1.165) is 17.7 Å². The highest BCUT2D eigenvalue weighted by Crippen LogP contribution is 2.24. The van der Waals surface area contributed by atoms with Gasteiger partial charge in [-0.05, 0) is 35.4 Å². The molecule has 0 aliphatic rings. The first kappa shape index (κ1) is 16.1. The van der Waals surface area contributed by atoms with Crippen LogP contribution in [0.15, 0.2) is 60.7 Å². The number of ether oxygens (including phenoxy) is 1. The molecule has 0 fully saturated rings. The van der Waals surface area contributed by atoms with Gasteiger partial charge in [0.2, 0.25) is 5.88 Å². The van der Waals surface area contributed by atoms with E-state index in [1.165, 1.54) is 6.07 Å². The van der Waals surface area contributed by atoms with Crippen molar-refractivity contribution >= 4 is 0 Å². The van der Waals surface area contributed by atoms with Gasteiger partial charge in [0.25, 0.3) is 0 Å². The minimum Gasteiger partial charge on any atom is -0.473 e. The average Bonchev–Trinajstić information content (AvgIpc) is 2.63. The van der Waals surface area contributed by atoms with Crippen molar-refractivity contribution < 1.29 is 18.6 Å². The van der Waals surface area contributed by atoms with Crippen LogP contribution in [0.25, 0.3) is 11.3 Å². The van der Waals surface area contributed by atoms with Gasteiger partial charge in [-0.15, -0.1) is 0 Å². The number of nitrogens with zero attached hydrogens (tertiary/aromatic N) is 1. The first-order valence-corrected chi connectivity index (χ1v) is 7.39. The molecule has 0 amide bonds. The van der Waals surface area contributed by atoms with E-state index in [1.54, 1.807) is 12.1 Å². The number of benzene rings is 2. The normalized spacial score (nSPS) is 10.6. The molecule has 0 atom stereocenters. The molecule has 0 saturated carbocycles. The molecule has 122 valence electrons. The molecule has 1 aromatic heterocycles. The third-order valence-corrected chi connectivity index (χ3v) is 3.49. The lowest BCUT2D eigenvalue weighted by molar-refractivity contribution is 0.275. The SMILES string of the molecule is OCc1cc(OCc2ccccc2)nc(-c2ccc(F)c(F)c2)c1. The third kappa shape index (κ3) is 3.75. The van der Waals surface area contributed by atoms with Gasteiger partial charge in [-0.25, -0.2) is 13.8 Å². The molecule has 0 bridgehead atoms. The van der Waals surface area contributed by atoms with Crippen LogP contribution in [0.3, 0.4) is 0 Å². The topological polar surface area (TPSA) is 42.4 Å². The summed E-state index contributed by atoms with van der Waals surface area (Å²) in [5, 5.41) is 9.40. The second kappa shape index (κ2) is 7.19. The number of halogens is 2. The largest absolute Gasteiger partial charge is 0.473 e. The molecule has 24 heavy (non-hydrogen) atoms. The van der Waals surface area contributed by atoms with Gasteiger partial charge in [0.15, 0.2) is 11.6 Å². The van der Waals surface area contributed by atoms with Crippen LogP contribution in [0.2, 0.25) is 0 Å². The Labute approximate surface area is 138 Å². The van der Waals surface area contributed by atoms with Crippen molar-refractivity contribution in [1.29, 1.82) is 0 Å². The molecule has 3 aromatic rings.